The fraction of sp³-hybridized carbons (Fsp3) is 0.158. The normalized spacial score (nSPS) is 14.1. The van der Waals surface area contributed by atoms with E-state index in [9.17, 15) is 4.79 Å². The third kappa shape index (κ3) is 3.50. The SMILES string of the molecule is C=C1CC(=O)C(Cc2ccc(OCc3ccccc3)cc2)=N1. The lowest BCUT2D eigenvalue weighted by Crippen LogP contribution is -2.11. The van der Waals surface area contributed by atoms with Gasteiger partial charge in [0.15, 0.2) is 5.78 Å². The second kappa shape index (κ2) is 6.39. The van der Waals surface area contributed by atoms with Crippen molar-refractivity contribution in [3.63, 3.8) is 0 Å². The van der Waals surface area contributed by atoms with Crippen LogP contribution in [0.1, 0.15) is 17.5 Å². The summed E-state index contributed by atoms with van der Waals surface area (Å²) in [5.41, 5.74) is 3.44. The first-order chi connectivity index (χ1) is 10.7. The van der Waals surface area contributed by atoms with Crippen LogP contribution in [0.4, 0.5) is 0 Å². The van der Waals surface area contributed by atoms with Gasteiger partial charge in [-0.1, -0.05) is 49.0 Å². The topological polar surface area (TPSA) is 38.7 Å². The van der Waals surface area contributed by atoms with E-state index >= 15 is 0 Å². The Balaban J connectivity index is 1.60. The maximum atomic E-state index is 11.7. The van der Waals surface area contributed by atoms with E-state index in [1.54, 1.807) is 0 Å². The third-order valence-corrected chi connectivity index (χ3v) is 3.52. The number of Topliss-reactive ketones (excluding diaryl/α,β-unsaturated/α-hetero) is 1. The van der Waals surface area contributed by atoms with Crippen LogP contribution in [0.25, 0.3) is 0 Å². The van der Waals surface area contributed by atoms with Gasteiger partial charge in [0.1, 0.15) is 12.4 Å². The maximum Gasteiger partial charge on any atom is 0.183 e. The third-order valence-electron chi connectivity index (χ3n) is 3.52. The summed E-state index contributed by atoms with van der Waals surface area (Å²) in [6.45, 7) is 4.28. The molecule has 3 heteroatoms. The molecule has 2 aromatic rings. The fourth-order valence-electron chi connectivity index (χ4n) is 2.36. The molecular weight excluding hydrogens is 274 g/mol. The largest absolute Gasteiger partial charge is 0.489 e. The predicted molar refractivity (Wildman–Crippen MR) is 87.1 cm³/mol. The fourth-order valence-corrected chi connectivity index (χ4v) is 2.36. The number of ketones is 1. The highest BCUT2D eigenvalue weighted by molar-refractivity contribution is 6.42. The standard InChI is InChI=1S/C19H17NO2/c1-14-11-19(21)18(20-14)12-15-7-9-17(10-8-15)22-13-16-5-3-2-4-6-16/h2-10H,1,11-13H2. The number of rotatable bonds is 5. The summed E-state index contributed by atoms with van der Waals surface area (Å²) in [7, 11) is 0. The first-order valence-corrected chi connectivity index (χ1v) is 7.25. The van der Waals surface area contributed by atoms with Crippen LogP contribution in [0.2, 0.25) is 0 Å². The van der Waals surface area contributed by atoms with Crippen molar-refractivity contribution in [2.24, 2.45) is 4.99 Å². The van der Waals surface area contributed by atoms with Gasteiger partial charge in [-0.25, -0.2) is 0 Å². The zero-order chi connectivity index (χ0) is 15.4. The molecule has 0 saturated heterocycles. The molecule has 0 N–H and O–H groups in total. The van der Waals surface area contributed by atoms with Crippen molar-refractivity contribution in [1.29, 1.82) is 0 Å². The van der Waals surface area contributed by atoms with E-state index in [-0.39, 0.29) is 5.78 Å². The van der Waals surface area contributed by atoms with Gasteiger partial charge in [-0.05, 0) is 23.3 Å². The summed E-state index contributed by atoms with van der Waals surface area (Å²) in [6.07, 6.45) is 0.907. The van der Waals surface area contributed by atoms with Crippen molar-refractivity contribution in [2.45, 2.75) is 19.4 Å². The molecule has 22 heavy (non-hydrogen) atoms. The van der Waals surface area contributed by atoms with Crippen molar-refractivity contribution in [1.82, 2.24) is 0 Å². The highest BCUT2D eigenvalue weighted by Crippen LogP contribution is 2.18. The molecule has 3 nitrogen and oxygen atoms in total. The van der Waals surface area contributed by atoms with Crippen LogP contribution in [0.15, 0.2) is 71.9 Å². The molecule has 0 aliphatic carbocycles. The average Bonchev–Trinajstić information content (AvgIpc) is 2.85. The molecule has 0 radical (unpaired) electrons. The Kier molecular flexibility index (Phi) is 4.15. The Morgan fingerprint density at radius 2 is 1.73 bits per heavy atom. The molecule has 1 heterocycles. The monoisotopic (exact) mass is 291 g/mol. The number of hydrogen-bond acceptors (Lipinski definition) is 3. The first kappa shape index (κ1) is 14.3. The van der Waals surface area contributed by atoms with Gasteiger partial charge in [-0.15, -0.1) is 0 Å². The van der Waals surface area contributed by atoms with Gasteiger partial charge < -0.3 is 4.74 Å². The van der Waals surface area contributed by atoms with E-state index in [2.05, 4.69) is 11.6 Å². The molecule has 0 spiro atoms. The van der Waals surface area contributed by atoms with E-state index < -0.39 is 0 Å². The quantitative estimate of drug-likeness (QED) is 0.841. The van der Waals surface area contributed by atoms with Crippen LogP contribution in [-0.2, 0) is 17.8 Å². The van der Waals surface area contributed by atoms with E-state index in [1.165, 1.54) is 0 Å². The van der Waals surface area contributed by atoms with Crippen LogP contribution >= 0.6 is 0 Å². The molecule has 0 unspecified atom stereocenters. The minimum atomic E-state index is 0.0782. The van der Waals surface area contributed by atoms with Gasteiger partial charge >= 0.3 is 0 Å². The van der Waals surface area contributed by atoms with Gasteiger partial charge in [-0.2, -0.15) is 0 Å². The molecular formula is C19H17NO2. The number of ether oxygens (including phenoxy) is 1. The molecule has 1 aliphatic heterocycles. The minimum absolute atomic E-state index is 0.0782. The first-order valence-electron chi connectivity index (χ1n) is 7.25. The average molecular weight is 291 g/mol. The highest BCUT2D eigenvalue weighted by Gasteiger charge is 2.19. The second-order valence-corrected chi connectivity index (χ2v) is 5.32. The smallest absolute Gasteiger partial charge is 0.183 e. The Morgan fingerprint density at radius 1 is 1.00 bits per heavy atom. The minimum Gasteiger partial charge on any atom is -0.489 e. The van der Waals surface area contributed by atoms with Crippen LogP contribution in [-0.4, -0.2) is 11.5 Å². The van der Waals surface area contributed by atoms with E-state index in [4.69, 9.17) is 4.74 Å². The maximum absolute atomic E-state index is 11.7. The number of hydrogen-bond donors (Lipinski definition) is 0. The number of benzene rings is 2. The zero-order valence-electron chi connectivity index (χ0n) is 12.3. The number of carbonyl (C=O) groups is 1. The Hall–Kier alpha value is -2.68. The number of aliphatic imine (C=N–C) groups is 1. The molecule has 0 saturated carbocycles. The molecule has 110 valence electrons. The number of nitrogens with zero attached hydrogens (tertiary/aromatic N) is 1. The summed E-state index contributed by atoms with van der Waals surface area (Å²) in [4.78, 5) is 15.9. The molecule has 0 atom stereocenters. The van der Waals surface area contributed by atoms with E-state index in [0.717, 1.165) is 16.9 Å². The van der Waals surface area contributed by atoms with Gasteiger partial charge in [0.05, 0.1) is 12.1 Å². The summed E-state index contributed by atoms with van der Waals surface area (Å²) in [5, 5.41) is 0. The molecule has 1 aliphatic rings. The zero-order valence-corrected chi connectivity index (χ0v) is 12.3. The predicted octanol–water partition coefficient (Wildman–Crippen LogP) is 3.74. The molecule has 2 aromatic carbocycles. The summed E-state index contributed by atoms with van der Waals surface area (Å²) in [5.74, 6) is 0.895. The molecule has 0 fully saturated rings. The van der Waals surface area contributed by atoms with Crippen LogP contribution < -0.4 is 4.74 Å². The van der Waals surface area contributed by atoms with Crippen molar-refractivity contribution in [2.75, 3.05) is 0 Å². The summed E-state index contributed by atoms with van der Waals surface area (Å²) >= 11 is 0. The van der Waals surface area contributed by atoms with E-state index in [1.807, 2.05) is 54.6 Å². The Morgan fingerprint density at radius 3 is 2.36 bits per heavy atom. The van der Waals surface area contributed by atoms with E-state index in [0.29, 0.717) is 30.9 Å². The van der Waals surface area contributed by atoms with Crippen molar-refractivity contribution < 1.29 is 9.53 Å². The molecule has 3 rings (SSSR count). The van der Waals surface area contributed by atoms with Gasteiger partial charge in [0.25, 0.3) is 0 Å². The van der Waals surface area contributed by atoms with Crippen LogP contribution in [0.3, 0.4) is 0 Å². The molecule has 0 aromatic heterocycles. The van der Waals surface area contributed by atoms with Crippen molar-refractivity contribution >= 4 is 11.5 Å². The number of allylic oxidation sites excluding steroid dienone is 1. The lowest BCUT2D eigenvalue weighted by atomic mass is 10.1. The molecule has 0 bridgehead atoms. The van der Waals surface area contributed by atoms with Crippen molar-refractivity contribution in [3.8, 4) is 5.75 Å². The van der Waals surface area contributed by atoms with Crippen molar-refractivity contribution in [3.05, 3.63) is 78.0 Å². The number of carbonyl (C=O) groups excluding carboxylic acids is 1. The summed E-state index contributed by atoms with van der Waals surface area (Å²) < 4.78 is 5.74. The molecule has 0 amide bonds. The Labute approximate surface area is 130 Å². The second-order valence-electron chi connectivity index (χ2n) is 5.32. The lowest BCUT2D eigenvalue weighted by molar-refractivity contribution is -0.112. The highest BCUT2D eigenvalue weighted by atomic mass is 16.5. The summed E-state index contributed by atoms with van der Waals surface area (Å²) in [6, 6.07) is 17.8. The van der Waals surface area contributed by atoms with Gasteiger partial charge in [0.2, 0.25) is 0 Å². The van der Waals surface area contributed by atoms with Crippen LogP contribution in [0.5, 0.6) is 5.75 Å². The van der Waals surface area contributed by atoms with Gasteiger partial charge in [0, 0.05) is 12.1 Å². The Bertz CT molecular complexity index is 715. The lowest BCUT2D eigenvalue weighted by Gasteiger charge is -2.07. The van der Waals surface area contributed by atoms with Gasteiger partial charge in [-0.3, -0.25) is 9.79 Å². The van der Waals surface area contributed by atoms with Crippen LogP contribution in [0, 0.1) is 0 Å².